The second-order valence-electron chi connectivity index (χ2n) is 7.62. The van der Waals surface area contributed by atoms with E-state index in [0.717, 1.165) is 45.4 Å². The highest BCUT2D eigenvalue weighted by atomic mass is 32.2. The molecule has 4 rings (SSSR count). The number of hydrogen-bond donors (Lipinski definition) is 0. The number of thioether (sulfide) groups is 1. The summed E-state index contributed by atoms with van der Waals surface area (Å²) >= 11 is 1.75. The first-order valence-electron chi connectivity index (χ1n) is 9.94. The Morgan fingerprint density at radius 1 is 1.07 bits per heavy atom. The van der Waals surface area contributed by atoms with Crippen LogP contribution in [0.4, 0.5) is 0 Å². The Balaban J connectivity index is 1.28. The maximum Gasteiger partial charge on any atom is 0.222 e. The van der Waals surface area contributed by atoms with Gasteiger partial charge in [0.15, 0.2) is 0 Å². The summed E-state index contributed by atoms with van der Waals surface area (Å²) in [6.45, 7) is 3.95. The van der Waals surface area contributed by atoms with Crippen LogP contribution in [0.15, 0.2) is 53.4 Å². The molecule has 3 nitrogen and oxygen atoms in total. The van der Waals surface area contributed by atoms with E-state index >= 15 is 0 Å². The lowest BCUT2D eigenvalue weighted by atomic mass is 9.98. The molecule has 0 aliphatic carbocycles. The molecule has 2 aromatic rings. The van der Waals surface area contributed by atoms with Crippen LogP contribution in [0, 0.1) is 0 Å². The second-order valence-corrected chi connectivity index (χ2v) is 8.50. The molecule has 1 fully saturated rings. The van der Waals surface area contributed by atoms with E-state index in [4.69, 9.17) is 0 Å². The van der Waals surface area contributed by atoms with Crippen LogP contribution in [-0.2, 0) is 24.2 Å². The number of carbonyl (C=O) groups excluding carboxylic acids is 1. The van der Waals surface area contributed by atoms with Crippen molar-refractivity contribution in [2.75, 3.05) is 25.9 Å². The molecule has 2 heterocycles. The zero-order valence-corrected chi connectivity index (χ0v) is 16.9. The highest BCUT2D eigenvalue weighted by molar-refractivity contribution is 7.98. The Hall–Kier alpha value is -1.78. The Bertz CT molecular complexity index is 789. The SMILES string of the molecule is CSc1ccc(CCC(=O)N2CCC(N3CCc4ccccc4C3)C2)cc1. The Morgan fingerprint density at radius 2 is 1.85 bits per heavy atom. The third-order valence-corrected chi connectivity index (χ3v) is 6.72. The topological polar surface area (TPSA) is 23.6 Å². The van der Waals surface area contributed by atoms with E-state index in [1.165, 1.54) is 21.6 Å². The maximum atomic E-state index is 12.7. The summed E-state index contributed by atoms with van der Waals surface area (Å²) in [5.41, 5.74) is 4.21. The average molecular weight is 381 g/mol. The lowest BCUT2D eigenvalue weighted by molar-refractivity contribution is -0.130. The fourth-order valence-corrected chi connectivity index (χ4v) is 4.71. The molecule has 27 heavy (non-hydrogen) atoms. The van der Waals surface area contributed by atoms with Gasteiger partial charge in [0.1, 0.15) is 0 Å². The fraction of sp³-hybridized carbons (Fsp3) is 0.435. The number of nitrogens with zero attached hydrogens (tertiary/aromatic N) is 2. The maximum absolute atomic E-state index is 12.7. The quantitative estimate of drug-likeness (QED) is 0.733. The van der Waals surface area contributed by atoms with E-state index in [0.29, 0.717) is 18.4 Å². The van der Waals surface area contributed by atoms with Crippen LogP contribution in [0.1, 0.15) is 29.5 Å². The number of aryl methyl sites for hydroxylation is 1. The van der Waals surface area contributed by atoms with Gasteiger partial charge in [-0.1, -0.05) is 36.4 Å². The van der Waals surface area contributed by atoms with Crippen LogP contribution < -0.4 is 0 Å². The van der Waals surface area contributed by atoms with Crippen molar-refractivity contribution in [2.24, 2.45) is 0 Å². The highest BCUT2D eigenvalue weighted by Crippen LogP contribution is 2.25. The zero-order chi connectivity index (χ0) is 18.6. The molecule has 0 spiro atoms. The molecule has 0 saturated carbocycles. The Kier molecular flexibility index (Phi) is 5.84. The van der Waals surface area contributed by atoms with Crippen molar-refractivity contribution in [2.45, 2.75) is 43.2 Å². The molecule has 1 amide bonds. The second kappa shape index (κ2) is 8.49. The summed E-state index contributed by atoms with van der Waals surface area (Å²) in [6.07, 6.45) is 5.78. The number of amides is 1. The predicted octanol–water partition coefficient (Wildman–Crippen LogP) is 4.00. The Labute approximate surface area is 166 Å². The smallest absolute Gasteiger partial charge is 0.222 e. The molecule has 1 atom stereocenters. The van der Waals surface area contributed by atoms with E-state index in [-0.39, 0.29) is 0 Å². The number of fused-ring (bicyclic) bond motifs is 1. The molecule has 0 aromatic heterocycles. The normalized spacial score (nSPS) is 19.9. The first-order valence-corrected chi connectivity index (χ1v) is 11.2. The van der Waals surface area contributed by atoms with Gasteiger partial charge in [-0.2, -0.15) is 0 Å². The number of carbonyl (C=O) groups is 1. The molecule has 2 aromatic carbocycles. The summed E-state index contributed by atoms with van der Waals surface area (Å²) in [5.74, 6) is 0.309. The molecule has 4 heteroatoms. The predicted molar refractivity (Wildman–Crippen MR) is 112 cm³/mol. The van der Waals surface area contributed by atoms with Crippen LogP contribution in [0.2, 0.25) is 0 Å². The summed E-state index contributed by atoms with van der Waals surface area (Å²) in [4.78, 5) is 18.6. The third-order valence-electron chi connectivity index (χ3n) is 5.98. The first-order chi connectivity index (χ1) is 13.2. The van der Waals surface area contributed by atoms with Gasteiger partial charge in [0, 0.05) is 43.5 Å². The number of hydrogen-bond acceptors (Lipinski definition) is 3. The molecule has 0 bridgehead atoms. The van der Waals surface area contributed by atoms with E-state index < -0.39 is 0 Å². The molecule has 1 unspecified atom stereocenters. The zero-order valence-electron chi connectivity index (χ0n) is 16.1. The standard InChI is InChI=1S/C23H28N2OS/c1-27-22-9-6-18(7-10-22)8-11-23(26)25-15-13-21(17-25)24-14-12-19-4-2-3-5-20(19)16-24/h2-7,9-10,21H,8,11-17H2,1H3. The fourth-order valence-electron chi connectivity index (χ4n) is 4.30. The van der Waals surface area contributed by atoms with Crippen molar-refractivity contribution in [3.8, 4) is 0 Å². The Morgan fingerprint density at radius 3 is 2.63 bits per heavy atom. The summed E-state index contributed by atoms with van der Waals surface area (Å²) in [7, 11) is 0. The summed E-state index contributed by atoms with van der Waals surface area (Å²) in [5, 5.41) is 0. The van der Waals surface area contributed by atoms with E-state index in [1.54, 1.807) is 11.8 Å². The van der Waals surface area contributed by atoms with Crippen molar-refractivity contribution < 1.29 is 4.79 Å². The molecular weight excluding hydrogens is 352 g/mol. The molecule has 2 aliphatic heterocycles. The number of likely N-dealkylation sites (tertiary alicyclic amines) is 1. The van der Waals surface area contributed by atoms with Gasteiger partial charge in [-0.3, -0.25) is 9.69 Å². The highest BCUT2D eigenvalue weighted by Gasteiger charge is 2.31. The van der Waals surface area contributed by atoms with Crippen LogP contribution in [-0.4, -0.2) is 47.6 Å². The van der Waals surface area contributed by atoms with Crippen LogP contribution >= 0.6 is 11.8 Å². The van der Waals surface area contributed by atoms with Crippen molar-refractivity contribution >= 4 is 17.7 Å². The van der Waals surface area contributed by atoms with Crippen molar-refractivity contribution in [3.05, 3.63) is 65.2 Å². The van der Waals surface area contributed by atoms with Gasteiger partial charge in [0.05, 0.1) is 0 Å². The minimum atomic E-state index is 0.309. The molecule has 1 saturated heterocycles. The molecule has 2 aliphatic rings. The van der Waals surface area contributed by atoms with Gasteiger partial charge in [0.2, 0.25) is 5.91 Å². The largest absolute Gasteiger partial charge is 0.341 e. The van der Waals surface area contributed by atoms with Crippen LogP contribution in [0.25, 0.3) is 0 Å². The van der Waals surface area contributed by atoms with Gasteiger partial charge in [0.25, 0.3) is 0 Å². The minimum Gasteiger partial charge on any atom is -0.341 e. The van der Waals surface area contributed by atoms with Crippen LogP contribution in [0.5, 0.6) is 0 Å². The van der Waals surface area contributed by atoms with E-state index in [2.05, 4.69) is 64.6 Å². The van der Waals surface area contributed by atoms with E-state index in [9.17, 15) is 4.79 Å². The monoisotopic (exact) mass is 380 g/mol. The van der Waals surface area contributed by atoms with Crippen LogP contribution in [0.3, 0.4) is 0 Å². The molecule has 142 valence electrons. The van der Waals surface area contributed by atoms with Gasteiger partial charge < -0.3 is 4.90 Å². The van der Waals surface area contributed by atoms with E-state index in [1.807, 2.05) is 0 Å². The molecular formula is C23H28N2OS. The third kappa shape index (κ3) is 4.39. The molecule has 0 N–H and O–H groups in total. The van der Waals surface area contributed by atoms with Gasteiger partial charge in [-0.25, -0.2) is 0 Å². The summed E-state index contributed by atoms with van der Waals surface area (Å²) in [6, 6.07) is 17.9. The first kappa shape index (κ1) is 18.6. The molecule has 0 radical (unpaired) electrons. The average Bonchev–Trinajstić information content (AvgIpc) is 3.22. The lowest BCUT2D eigenvalue weighted by Gasteiger charge is -2.33. The number of rotatable bonds is 5. The minimum absolute atomic E-state index is 0.309. The van der Waals surface area contributed by atoms with Gasteiger partial charge in [-0.15, -0.1) is 11.8 Å². The van der Waals surface area contributed by atoms with Crippen molar-refractivity contribution in [1.29, 1.82) is 0 Å². The number of benzene rings is 2. The van der Waals surface area contributed by atoms with Crippen molar-refractivity contribution in [3.63, 3.8) is 0 Å². The van der Waals surface area contributed by atoms with Gasteiger partial charge >= 0.3 is 0 Å². The van der Waals surface area contributed by atoms with Crippen molar-refractivity contribution in [1.82, 2.24) is 9.80 Å². The van der Waals surface area contributed by atoms with Gasteiger partial charge in [-0.05, 0) is 54.3 Å². The summed E-state index contributed by atoms with van der Waals surface area (Å²) < 4.78 is 0. The lowest BCUT2D eigenvalue weighted by Crippen LogP contribution is -2.41.